The molecule has 4 atom stereocenters. The van der Waals surface area contributed by atoms with E-state index in [4.69, 9.17) is 23.1 Å². The molecule has 2 rings (SSSR count). The van der Waals surface area contributed by atoms with Crippen LogP contribution in [0.2, 0.25) is 5.02 Å². The zero-order valence-electron chi connectivity index (χ0n) is 22.4. The third kappa shape index (κ3) is 9.54. The summed E-state index contributed by atoms with van der Waals surface area (Å²) in [6, 6.07) is 2.64. The van der Waals surface area contributed by atoms with Crippen LogP contribution in [0, 0.1) is 5.92 Å². The molecular formula is C26H37ClN6O6. The molecule has 39 heavy (non-hydrogen) atoms. The van der Waals surface area contributed by atoms with Crippen LogP contribution in [-0.4, -0.2) is 71.1 Å². The fraction of sp³-hybridized carbons (Fsp3) is 0.538. The van der Waals surface area contributed by atoms with Crippen LogP contribution < -0.4 is 27.4 Å². The van der Waals surface area contributed by atoms with Gasteiger partial charge in [0.05, 0.1) is 0 Å². The molecule has 214 valence electrons. The number of hydrogen-bond donors (Lipinski definition) is 5. The Balaban J connectivity index is 2.32. The lowest BCUT2D eigenvalue weighted by Crippen LogP contribution is -2.59. The van der Waals surface area contributed by atoms with E-state index in [1.807, 2.05) is 0 Å². The van der Waals surface area contributed by atoms with Gasteiger partial charge in [0.2, 0.25) is 35.4 Å². The number of amides is 6. The average Bonchev–Trinajstić information content (AvgIpc) is 3.35. The van der Waals surface area contributed by atoms with Crippen molar-refractivity contribution in [2.75, 3.05) is 6.54 Å². The van der Waals surface area contributed by atoms with Crippen LogP contribution >= 0.6 is 11.6 Å². The first-order valence-corrected chi connectivity index (χ1v) is 13.2. The summed E-state index contributed by atoms with van der Waals surface area (Å²) in [6.07, 6.45) is 0.724. The molecule has 1 fully saturated rings. The number of primary amides is 2. The predicted octanol–water partition coefficient (Wildman–Crippen LogP) is -0.245. The van der Waals surface area contributed by atoms with Crippen LogP contribution in [0.4, 0.5) is 0 Å². The van der Waals surface area contributed by atoms with Crippen molar-refractivity contribution in [1.29, 1.82) is 0 Å². The van der Waals surface area contributed by atoms with Gasteiger partial charge in [0.15, 0.2) is 0 Å². The van der Waals surface area contributed by atoms with Gasteiger partial charge in [-0.25, -0.2) is 0 Å². The Morgan fingerprint density at radius 1 is 0.974 bits per heavy atom. The summed E-state index contributed by atoms with van der Waals surface area (Å²) >= 11 is 5.98. The lowest BCUT2D eigenvalue weighted by Gasteiger charge is -2.30. The van der Waals surface area contributed by atoms with Gasteiger partial charge in [-0.3, -0.25) is 28.8 Å². The molecule has 0 aliphatic carbocycles. The zero-order valence-corrected chi connectivity index (χ0v) is 23.1. The third-order valence-corrected chi connectivity index (χ3v) is 6.70. The first-order valence-electron chi connectivity index (χ1n) is 12.8. The minimum absolute atomic E-state index is 0.0702. The Morgan fingerprint density at radius 2 is 1.59 bits per heavy atom. The molecule has 0 saturated carbocycles. The van der Waals surface area contributed by atoms with Crippen molar-refractivity contribution in [3.63, 3.8) is 0 Å². The zero-order chi connectivity index (χ0) is 29.3. The van der Waals surface area contributed by atoms with E-state index in [2.05, 4.69) is 16.0 Å². The predicted molar refractivity (Wildman–Crippen MR) is 144 cm³/mol. The van der Waals surface area contributed by atoms with Crippen LogP contribution in [-0.2, 0) is 35.2 Å². The van der Waals surface area contributed by atoms with Gasteiger partial charge in [0.25, 0.3) is 0 Å². The topological polar surface area (TPSA) is 194 Å². The number of hydrogen-bond acceptors (Lipinski definition) is 6. The molecule has 1 heterocycles. The van der Waals surface area contributed by atoms with Crippen molar-refractivity contribution in [2.24, 2.45) is 17.4 Å². The fourth-order valence-corrected chi connectivity index (χ4v) is 4.55. The van der Waals surface area contributed by atoms with Crippen LogP contribution in [0.1, 0.15) is 52.0 Å². The maximum Gasteiger partial charge on any atom is 0.246 e. The van der Waals surface area contributed by atoms with Gasteiger partial charge in [-0.05, 0) is 42.9 Å². The summed E-state index contributed by atoms with van der Waals surface area (Å²) in [4.78, 5) is 76.4. The van der Waals surface area contributed by atoms with Crippen LogP contribution in [0.15, 0.2) is 24.3 Å². The quantitative estimate of drug-likeness (QED) is 0.219. The van der Waals surface area contributed by atoms with Crippen molar-refractivity contribution in [3.05, 3.63) is 34.9 Å². The summed E-state index contributed by atoms with van der Waals surface area (Å²) in [5, 5.41) is 8.31. The average molecular weight is 565 g/mol. The number of halogens is 1. The molecule has 0 radical (unpaired) electrons. The number of nitrogens with one attached hydrogen (secondary N) is 3. The van der Waals surface area contributed by atoms with Crippen molar-refractivity contribution in [2.45, 2.75) is 77.0 Å². The van der Waals surface area contributed by atoms with Crippen LogP contribution in [0.5, 0.6) is 0 Å². The molecule has 6 amide bonds. The molecule has 7 N–H and O–H groups in total. The highest BCUT2D eigenvalue weighted by atomic mass is 35.5. The number of carbonyl (C=O) groups excluding carboxylic acids is 6. The number of rotatable bonds is 13. The summed E-state index contributed by atoms with van der Waals surface area (Å²) < 4.78 is 0. The van der Waals surface area contributed by atoms with E-state index < -0.39 is 59.6 Å². The standard InChI is InChI=1S/C26H37ClN6O6/c1-14(2)22(30-15(3)34)25(38)31-18(10-11-21(28)35)24(37)32-19(13-16-6-8-17(27)9-7-16)26(39)33-12-4-5-20(33)23(29)36/h6-9,14,18-20,22H,4-5,10-13H2,1-3H3,(H2,28,35)(H2,29,36)(H,30,34)(H,31,38)(H,32,37)/t18-,19+,20+,22-/m0/s1. The molecule has 0 bridgehead atoms. The van der Waals surface area contributed by atoms with E-state index in [9.17, 15) is 28.8 Å². The van der Waals surface area contributed by atoms with Gasteiger partial charge in [-0.2, -0.15) is 0 Å². The van der Waals surface area contributed by atoms with Crippen molar-refractivity contribution in [1.82, 2.24) is 20.9 Å². The maximum absolute atomic E-state index is 13.6. The second kappa shape index (κ2) is 14.5. The fourth-order valence-electron chi connectivity index (χ4n) is 4.43. The molecule has 1 aliphatic rings. The van der Waals surface area contributed by atoms with E-state index in [1.165, 1.54) is 11.8 Å². The van der Waals surface area contributed by atoms with Crippen molar-refractivity contribution in [3.8, 4) is 0 Å². The lowest BCUT2D eigenvalue weighted by molar-refractivity contribution is -0.141. The smallest absolute Gasteiger partial charge is 0.246 e. The summed E-state index contributed by atoms with van der Waals surface area (Å²) in [5.74, 6) is -3.89. The Hall–Kier alpha value is -3.67. The second-order valence-corrected chi connectivity index (χ2v) is 10.4. The van der Waals surface area contributed by atoms with Gasteiger partial charge in [0.1, 0.15) is 24.2 Å². The van der Waals surface area contributed by atoms with E-state index in [-0.39, 0.29) is 25.2 Å². The summed E-state index contributed by atoms with van der Waals surface area (Å²) in [5.41, 5.74) is 11.5. The maximum atomic E-state index is 13.6. The number of benzene rings is 1. The number of nitrogens with two attached hydrogens (primary N) is 2. The molecular weight excluding hydrogens is 528 g/mol. The monoisotopic (exact) mass is 564 g/mol. The van der Waals surface area contributed by atoms with Gasteiger partial charge < -0.3 is 32.3 Å². The lowest BCUT2D eigenvalue weighted by atomic mass is 10.0. The minimum Gasteiger partial charge on any atom is -0.370 e. The summed E-state index contributed by atoms with van der Waals surface area (Å²) in [6.45, 7) is 5.02. The van der Waals surface area contributed by atoms with Crippen LogP contribution in [0.3, 0.4) is 0 Å². The molecule has 0 spiro atoms. The Labute approximate surface area is 232 Å². The van der Waals surface area contributed by atoms with Crippen molar-refractivity contribution >= 4 is 47.0 Å². The molecule has 1 aliphatic heterocycles. The van der Waals surface area contributed by atoms with E-state index in [0.29, 0.717) is 30.0 Å². The molecule has 1 aromatic rings. The van der Waals surface area contributed by atoms with Crippen molar-refractivity contribution < 1.29 is 28.8 Å². The van der Waals surface area contributed by atoms with E-state index in [1.54, 1.807) is 38.1 Å². The van der Waals surface area contributed by atoms with E-state index >= 15 is 0 Å². The third-order valence-electron chi connectivity index (χ3n) is 6.45. The molecule has 13 heteroatoms. The minimum atomic E-state index is -1.23. The highest BCUT2D eigenvalue weighted by molar-refractivity contribution is 6.30. The highest BCUT2D eigenvalue weighted by Gasteiger charge is 2.38. The van der Waals surface area contributed by atoms with Gasteiger partial charge in [-0.1, -0.05) is 37.6 Å². The molecule has 1 saturated heterocycles. The molecule has 12 nitrogen and oxygen atoms in total. The second-order valence-electron chi connectivity index (χ2n) is 9.97. The van der Waals surface area contributed by atoms with E-state index in [0.717, 1.165) is 0 Å². The van der Waals surface area contributed by atoms with Crippen LogP contribution in [0.25, 0.3) is 0 Å². The molecule has 0 unspecified atom stereocenters. The Morgan fingerprint density at radius 3 is 2.13 bits per heavy atom. The number of nitrogens with zero attached hydrogens (tertiary/aromatic N) is 1. The largest absolute Gasteiger partial charge is 0.370 e. The SMILES string of the molecule is CC(=O)N[C@H](C(=O)N[C@@H](CCC(N)=O)C(=O)N[C@H](Cc1ccc(Cl)cc1)C(=O)N1CCC[C@@H]1C(N)=O)C(C)C. The van der Waals surface area contributed by atoms with Gasteiger partial charge in [0, 0.05) is 31.3 Å². The summed E-state index contributed by atoms with van der Waals surface area (Å²) in [7, 11) is 0. The first kappa shape index (κ1) is 31.5. The first-order chi connectivity index (χ1) is 18.3. The Kier molecular flexibility index (Phi) is 11.7. The number of carbonyl (C=O) groups is 6. The number of likely N-dealkylation sites (tertiary alicyclic amines) is 1. The highest BCUT2D eigenvalue weighted by Crippen LogP contribution is 2.20. The van der Waals surface area contributed by atoms with Gasteiger partial charge in [-0.15, -0.1) is 0 Å². The van der Waals surface area contributed by atoms with Gasteiger partial charge >= 0.3 is 0 Å². The molecule has 1 aromatic carbocycles. The Bertz CT molecular complexity index is 1080. The molecule has 0 aromatic heterocycles. The normalized spacial score (nSPS) is 17.2.